The molecule has 1 heterocycles. The van der Waals surface area contributed by atoms with Gasteiger partial charge in [-0.2, -0.15) is 0 Å². The van der Waals surface area contributed by atoms with Crippen LogP contribution >= 0.6 is 0 Å². The van der Waals surface area contributed by atoms with Crippen LogP contribution in [0.15, 0.2) is 0 Å². The SMILES string of the molecule is C#CC(=O)C1(CC)CCNCC1. The molecule has 2 nitrogen and oxygen atoms in total. The first-order valence-corrected chi connectivity index (χ1v) is 4.47. The molecule has 0 aliphatic carbocycles. The van der Waals surface area contributed by atoms with Gasteiger partial charge in [0.05, 0.1) is 0 Å². The summed E-state index contributed by atoms with van der Waals surface area (Å²) in [4.78, 5) is 11.5. The molecular formula is C10H15NO. The molecule has 0 aromatic rings. The molecule has 12 heavy (non-hydrogen) atoms. The Kier molecular flexibility index (Phi) is 2.88. The molecule has 2 heteroatoms. The summed E-state index contributed by atoms with van der Waals surface area (Å²) in [6.07, 6.45) is 7.81. The number of ketones is 1. The topological polar surface area (TPSA) is 29.1 Å². The van der Waals surface area contributed by atoms with E-state index >= 15 is 0 Å². The summed E-state index contributed by atoms with van der Waals surface area (Å²) >= 11 is 0. The van der Waals surface area contributed by atoms with Gasteiger partial charge in [0, 0.05) is 5.41 Å². The number of hydrogen-bond donors (Lipinski definition) is 1. The quantitative estimate of drug-likeness (QED) is 0.488. The molecule has 0 spiro atoms. The zero-order valence-electron chi connectivity index (χ0n) is 7.52. The molecule has 0 aromatic carbocycles. The highest BCUT2D eigenvalue weighted by molar-refractivity contribution is 5.99. The van der Waals surface area contributed by atoms with Gasteiger partial charge in [-0.05, 0) is 38.3 Å². The minimum Gasteiger partial charge on any atom is -0.317 e. The summed E-state index contributed by atoms with van der Waals surface area (Å²) in [6, 6.07) is 0. The average molecular weight is 165 g/mol. The van der Waals surface area contributed by atoms with Gasteiger partial charge in [0.25, 0.3) is 0 Å². The van der Waals surface area contributed by atoms with E-state index in [4.69, 9.17) is 6.42 Å². The molecule has 0 bridgehead atoms. The van der Waals surface area contributed by atoms with Crippen LogP contribution in [0.25, 0.3) is 0 Å². The number of carbonyl (C=O) groups is 1. The highest BCUT2D eigenvalue weighted by Gasteiger charge is 2.36. The van der Waals surface area contributed by atoms with Crippen LogP contribution in [0.2, 0.25) is 0 Å². The number of terminal acetylenes is 1. The number of hydrogen-bond acceptors (Lipinski definition) is 2. The smallest absolute Gasteiger partial charge is 0.211 e. The van der Waals surface area contributed by atoms with Crippen molar-refractivity contribution in [1.82, 2.24) is 5.32 Å². The molecule has 1 N–H and O–H groups in total. The van der Waals surface area contributed by atoms with Gasteiger partial charge in [-0.3, -0.25) is 4.79 Å². The van der Waals surface area contributed by atoms with Gasteiger partial charge in [0.15, 0.2) is 0 Å². The standard InChI is InChI=1S/C10H15NO/c1-3-9(12)10(4-2)5-7-11-8-6-10/h1,11H,4-8H2,2H3. The van der Waals surface area contributed by atoms with Crippen LogP contribution in [0.3, 0.4) is 0 Å². The second-order valence-electron chi connectivity index (χ2n) is 3.36. The summed E-state index contributed by atoms with van der Waals surface area (Å²) in [6.45, 7) is 3.88. The van der Waals surface area contributed by atoms with E-state index in [1.807, 2.05) is 6.92 Å². The third kappa shape index (κ3) is 1.51. The van der Waals surface area contributed by atoms with E-state index < -0.39 is 0 Å². The first-order chi connectivity index (χ1) is 5.75. The third-order valence-electron chi connectivity index (χ3n) is 2.85. The van der Waals surface area contributed by atoms with Crippen LogP contribution in [0.1, 0.15) is 26.2 Å². The zero-order valence-corrected chi connectivity index (χ0v) is 7.52. The Balaban J connectivity index is 2.74. The van der Waals surface area contributed by atoms with Crippen LogP contribution < -0.4 is 5.32 Å². The van der Waals surface area contributed by atoms with Crippen molar-refractivity contribution < 1.29 is 4.79 Å². The molecule has 0 aromatic heterocycles. The molecule has 66 valence electrons. The van der Waals surface area contributed by atoms with Crippen molar-refractivity contribution in [2.45, 2.75) is 26.2 Å². The van der Waals surface area contributed by atoms with Crippen molar-refractivity contribution in [2.24, 2.45) is 5.41 Å². The molecule has 0 saturated carbocycles. The van der Waals surface area contributed by atoms with Crippen LogP contribution in [-0.2, 0) is 4.79 Å². The van der Waals surface area contributed by atoms with Crippen LogP contribution in [0.4, 0.5) is 0 Å². The first kappa shape index (κ1) is 9.28. The van der Waals surface area contributed by atoms with Gasteiger partial charge in [0.2, 0.25) is 5.78 Å². The molecule has 1 fully saturated rings. The Bertz CT molecular complexity index is 208. The van der Waals surface area contributed by atoms with E-state index in [0.29, 0.717) is 0 Å². The van der Waals surface area contributed by atoms with Gasteiger partial charge < -0.3 is 5.32 Å². The monoisotopic (exact) mass is 165 g/mol. The Hall–Kier alpha value is -0.810. The van der Waals surface area contributed by atoms with Crippen LogP contribution in [-0.4, -0.2) is 18.9 Å². The Morgan fingerprint density at radius 1 is 1.58 bits per heavy atom. The summed E-state index contributed by atoms with van der Waals surface area (Å²) < 4.78 is 0. The minimum atomic E-state index is -0.208. The highest BCUT2D eigenvalue weighted by atomic mass is 16.1. The molecule has 0 atom stereocenters. The van der Waals surface area contributed by atoms with Gasteiger partial charge in [-0.15, -0.1) is 6.42 Å². The normalized spacial score (nSPS) is 21.3. The second kappa shape index (κ2) is 3.73. The Morgan fingerprint density at radius 3 is 2.58 bits per heavy atom. The van der Waals surface area contributed by atoms with Crippen molar-refractivity contribution in [3.8, 4) is 12.3 Å². The van der Waals surface area contributed by atoms with E-state index in [1.54, 1.807) is 0 Å². The lowest BCUT2D eigenvalue weighted by molar-refractivity contribution is -0.124. The first-order valence-electron chi connectivity index (χ1n) is 4.47. The largest absolute Gasteiger partial charge is 0.317 e. The maximum Gasteiger partial charge on any atom is 0.211 e. The molecule has 1 saturated heterocycles. The number of nitrogens with one attached hydrogen (secondary N) is 1. The number of Topliss-reactive ketones (excluding diaryl/α,β-unsaturated/α-hetero) is 1. The fourth-order valence-corrected chi connectivity index (χ4v) is 1.80. The molecule has 0 amide bonds. The molecular weight excluding hydrogens is 150 g/mol. The molecule has 0 radical (unpaired) electrons. The summed E-state index contributed by atoms with van der Waals surface area (Å²) in [5.41, 5.74) is -0.208. The van der Waals surface area contributed by atoms with Crippen molar-refractivity contribution in [3.63, 3.8) is 0 Å². The molecule has 1 rings (SSSR count). The Morgan fingerprint density at radius 2 is 2.17 bits per heavy atom. The lowest BCUT2D eigenvalue weighted by Crippen LogP contribution is -2.41. The lowest BCUT2D eigenvalue weighted by Gasteiger charge is -2.33. The average Bonchev–Trinajstić information content (AvgIpc) is 2.17. The summed E-state index contributed by atoms with van der Waals surface area (Å²) in [5, 5.41) is 3.23. The van der Waals surface area contributed by atoms with Gasteiger partial charge in [-0.1, -0.05) is 6.92 Å². The summed E-state index contributed by atoms with van der Waals surface area (Å²) in [5.74, 6) is 2.25. The van der Waals surface area contributed by atoms with Crippen molar-refractivity contribution in [1.29, 1.82) is 0 Å². The van der Waals surface area contributed by atoms with Crippen LogP contribution in [0.5, 0.6) is 0 Å². The number of carbonyl (C=O) groups excluding carboxylic acids is 1. The van der Waals surface area contributed by atoms with E-state index in [1.165, 1.54) is 0 Å². The molecule has 1 aliphatic heterocycles. The van der Waals surface area contributed by atoms with Gasteiger partial charge in [-0.25, -0.2) is 0 Å². The highest BCUT2D eigenvalue weighted by Crippen LogP contribution is 2.33. The lowest BCUT2D eigenvalue weighted by atomic mass is 9.73. The molecule has 0 unspecified atom stereocenters. The van der Waals surface area contributed by atoms with Gasteiger partial charge in [0.1, 0.15) is 0 Å². The van der Waals surface area contributed by atoms with E-state index in [0.717, 1.165) is 32.4 Å². The fraction of sp³-hybridized carbons (Fsp3) is 0.700. The van der Waals surface area contributed by atoms with E-state index in [9.17, 15) is 4.79 Å². The molecule has 1 aliphatic rings. The Labute approximate surface area is 73.7 Å². The van der Waals surface area contributed by atoms with Crippen molar-refractivity contribution >= 4 is 5.78 Å². The van der Waals surface area contributed by atoms with Crippen molar-refractivity contribution in [3.05, 3.63) is 0 Å². The minimum absolute atomic E-state index is 0.00787. The predicted octanol–water partition coefficient (Wildman–Crippen LogP) is 0.969. The van der Waals surface area contributed by atoms with Gasteiger partial charge >= 0.3 is 0 Å². The van der Waals surface area contributed by atoms with Crippen molar-refractivity contribution in [2.75, 3.05) is 13.1 Å². The second-order valence-corrected chi connectivity index (χ2v) is 3.36. The van der Waals surface area contributed by atoms with E-state index in [-0.39, 0.29) is 11.2 Å². The van der Waals surface area contributed by atoms with Crippen LogP contribution in [0, 0.1) is 17.8 Å². The number of piperidine rings is 1. The maximum atomic E-state index is 11.5. The number of rotatable bonds is 2. The van der Waals surface area contributed by atoms with E-state index in [2.05, 4.69) is 11.2 Å². The zero-order chi connectivity index (χ0) is 9.03. The summed E-state index contributed by atoms with van der Waals surface area (Å²) in [7, 11) is 0. The predicted molar refractivity (Wildman–Crippen MR) is 48.7 cm³/mol. The third-order valence-corrected chi connectivity index (χ3v) is 2.85. The maximum absolute atomic E-state index is 11.5. The fourth-order valence-electron chi connectivity index (χ4n) is 1.80.